The molecule has 3 N–H and O–H groups in total. The number of benzene rings is 2. The molecule has 4 rings (SSSR count). The largest absolute Gasteiger partial charge is 0.510 e. The first-order valence-corrected chi connectivity index (χ1v) is 7.77. The van der Waals surface area contributed by atoms with E-state index in [1.165, 1.54) is 0 Å². The van der Waals surface area contributed by atoms with Gasteiger partial charge in [0.15, 0.2) is 0 Å². The first kappa shape index (κ1) is 14.4. The Bertz CT molecular complexity index is 984. The molecule has 0 spiro atoms. The number of nitrogens with two attached hydrogens (primary N) is 1. The second-order valence-electron chi connectivity index (χ2n) is 5.93. The lowest BCUT2D eigenvalue weighted by molar-refractivity contribution is 0.399. The Hall–Kier alpha value is -3.21. The molecule has 2 aromatic carbocycles. The molecule has 5 nitrogen and oxygen atoms in total. The minimum Gasteiger partial charge on any atom is -0.510 e. The standard InChI is InChI=1S/C19H18N4O/c1-22-18-10-14(5-6-15(18)11-21-22)13-3-2-4-16(9-13)23-12-17(24)7-8-19(23)20/h2-11,24H,12,20H2,1H3. The molecule has 2 heterocycles. The van der Waals surface area contributed by atoms with Gasteiger partial charge in [0.05, 0.1) is 18.3 Å². The molecule has 5 heteroatoms. The van der Waals surface area contributed by atoms with E-state index >= 15 is 0 Å². The molecule has 0 saturated carbocycles. The molecule has 24 heavy (non-hydrogen) atoms. The van der Waals surface area contributed by atoms with Crippen LogP contribution in [-0.2, 0) is 7.05 Å². The van der Waals surface area contributed by atoms with Crippen LogP contribution in [0.4, 0.5) is 5.69 Å². The minimum absolute atomic E-state index is 0.297. The highest BCUT2D eigenvalue weighted by molar-refractivity contribution is 5.85. The Morgan fingerprint density at radius 2 is 1.92 bits per heavy atom. The quantitative estimate of drug-likeness (QED) is 0.761. The summed E-state index contributed by atoms with van der Waals surface area (Å²) < 4.78 is 1.87. The van der Waals surface area contributed by atoms with E-state index in [9.17, 15) is 5.11 Å². The van der Waals surface area contributed by atoms with Gasteiger partial charge in [-0.1, -0.05) is 24.3 Å². The number of hydrogen-bond acceptors (Lipinski definition) is 4. The Kier molecular flexibility index (Phi) is 3.27. The lowest BCUT2D eigenvalue weighted by Gasteiger charge is -2.27. The fraction of sp³-hybridized carbons (Fsp3) is 0.105. The molecule has 1 aromatic heterocycles. The number of nitrogens with zero attached hydrogens (tertiary/aromatic N) is 3. The van der Waals surface area contributed by atoms with Crippen molar-refractivity contribution in [3.05, 3.63) is 72.4 Å². The molecule has 3 aromatic rings. The van der Waals surface area contributed by atoms with Crippen LogP contribution < -0.4 is 10.6 Å². The van der Waals surface area contributed by atoms with Gasteiger partial charge in [0.2, 0.25) is 0 Å². The molecule has 0 radical (unpaired) electrons. The molecule has 0 bridgehead atoms. The molecule has 120 valence electrons. The van der Waals surface area contributed by atoms with Gasteiger partial charge in [-0.15, -0.1) is 0 Å². The first-order chi connectivity index (χ1) is 11.6. The monoisotopic (exact) mass is 318 g/mol. The highest BCUT2D eigenvalue weighted by Gasteiger charge is 2.15. The Morgan fingerprint density at radius 1 is 1.08 bits per heavy atom. The van der Waals surface area contributed by atoms with Crippen molar-refractivity contribution in [2.75, 3.05) is 11.4 Å². The van der Waals surface area contributed by atoms with Crippen LogP contribution in [0.3, 0.4) is 0 Å². The highest BCUT2D eigenvalue weighted by atomic mass is 16.3. The van der Waals surface area contributed by atoms with Crippen molar-refractivity contribution < 1.29 is 5.11 Å². The number of aliphatic hydroxyl groups excluding tert-OH is 1. The predicted molar refractivity (Wildman–Crippen MR) is 96.5 cm³/mol. The normalized spacial score (nSPS) is 14.6. The van der Waals surface area contributed by atoms with Gasteiger partial charge in [0, 0.05) is 18.1 Å². The molecular weight excluding hydrogens is 300 g/mol. The van der Waals surface area contributed by atoms with Gasteiger partial charge in [-0.3, -0.25) is 4.68 Å². The molecule has 1 aliphatic rings. The van der Waals surface area contributed by atoms with E-state index in [1.54, 1.807) is 12.2 Å². The summed E-state index contributed by atoms with van der Waals surface area (Å²) in [7, 11) is 1.94. The van der Waals surface area contributed by atoms with E-state index < -0.39 is 0 Å². The number of fused-ring (bicyclic) bond motifs is 1. The third kappa shape index (κ3) is 2.40. The number of aryl methyl sites for hydroxylation is 1. The van der Waals surface area contributed by atoms with Crippen LogP contribution in [-0.4, -0.2) is 21.4 Å². The molecular formula is C19H18N4O. The van der Waals surface area contributed by atoms with Crippen LogP contribution in [0.15, 0.2) is 72.4 Å². The van der Waals surface area contributed by atoms with E-state index in [4.69, 9.17) is 5.73 Å². The molecule has 0 fully saturated rings. The zero-order valence-corrected chi connectivity index (χ0v) is 13.3. The van der Waals surface area contributed by atoms with E-state index in [2.05, 4.69) is 35.4 Å². The third-order valence-electron chi connectivity index (χ3n) is 4.32. The number of anilines is 1. The lowest BCUT2D eigenvalue weighted by Crippen LogP contribution is -2.31. The summed E-state index contributed by atoms with van der Waals surface area (Å²) in [5.41, 5.74) is 10.3. The van der Waals surface area contributed by atoms with E-state index in [-0.39, 0.29) is 0 Å². The highest BCUT2D eigenvalue weighted by Crippen LogP contribution is 2.29. The number of hydrogen-bond donors (Lipinski definition) is 2. The Morgan fingerprint density at radius 3 is 2.79 bits per heavy atom. The maximum Gasteiger partial charge on any atom is 0.112 e. The second kappa shape index (κ2) is 5.45. The van der Waals surface area contributed by atoms with Crippen LogP contribution in [0.25, 0.3) is 22.0 Å². The number of aromatic nitrogens is 2. The Labute approximate surface area is 139 Å². The molecule has 0 amide bonds. The van der Waals surface area contributed by atoms with E-state index in [0.717, 1.165) is 27.7 Å². The van der Waals surface area contributed by atoms with Crippen molar-refractivity contribution in [3.63, 3.8) is 0 Å². The lowest BCUT2D eigenvalue weighted by atomic mass is 10.0. The predicted octanol–water partition coefficient (Wildman–Crippen LogP) is 3.30. The maximum absolute atomic E-state index is 9.78. The van der Waals surface area contributed by atoms with Gasteiger partial charge in [-0.2, -0.15) is 5.10 Å². The van der Waals surface area contributed by atoms with Crippen molar-refractivity contribution >= 4 is 16.6 Å². The number of allylic oxidation sites excluding steroid dienone is 2. The zero-order valence-electron chi connectivity index (χ0n) is 13.3. The van der Waals surface area contributed by atoms with Crippen molar-refractivity contribution in [1.29, 1.82) is 0 Å². The fourth-order valence-electron chi connectivity index (χ4n) is 2.99. The van der Waals surface area contributed by atoms with Crippen molar-refractivity contribution in [1.82, 2.24) is 9.78 Å². The SMILES string of the molecule is Cn1ncc2ccc(-c3cccc(N4CC(O)=CC=C4N)c3)cc21. The summed E-state index contributed by atoms with van der Waals surface area (Å²) in [5, 5.41) is 15.2. The minimum atomic E-state index is 0.297. The van der Waals surface area contributed by atoms with Gasteiger partial charge >= 0.3 is 0 Å². The number of rotatable bonds is 2. The smallest absolute Gasteiger partial charge is 0.112 e. The second-order valence-corrected chi connectivity index (χ2v) is 5.93. The van der Waals surface area contributed by atoms with Gasteiger partial charge in [-0.25, -0.2) is 0 Å². The average Bonchev–Trinajstić information content (AvgIpc) is 2.98. The van der Waals surface area contributed by atoms with Gasteiger partial charge < -0.3 is 15.7 Å². The average molecular weight is 318 g/mol. The Balaban J connectivity index is 1.75. The van der Waals surface area contributed by atoms with Crippen LogP contribution in [0.1, 0.15) is 0 Å². The van der Waals surface area contributed by atoms with Gasteiger partial charge in [0.25, 0.3) is 0 Å². The molecule has 0 aliphatic carbocycles. The molecule has 1 aliphatic heterocycles. The van der Waals surface area contributed by atoms with E-state index in [1.807, 2.05) is 35.0 Å². The molecule has 0 saturated heterocycles. The molecule has 0 unspecified atom stereocenters. The molecule has 0 atom stereocenters. The first-order valence-electron chi connectivity index (χ1n) is 7.77. The van der Waals surface area contributed by atoms with Crippen molar-refractivity contribution in [2.45, 2.75) is 0 Å². The summed E-state index contributed by atoms with van der Waals surface area (Å²) in [5.74, 6) is 0.915. The maximum atomic E-state index is 9.78. The summed E-state index contributed by atoms with van der Waals surface area (Å²) in [6.07, 6.45) is 5.21. The van der Waals surface area contributed by atoms with Gasteiger partial charge in [-0.05, 0) is 41.5 Å². The fourth-order valence-corrected chi connectivity index (χ4v) is 2.99. The van der Waals surface area contributed by atoms with E-state index in [0.29, 0.717) is 18.1 Å². The van der Waals surface area contributed by atoms with Crippen molar-refractivity contribution in [3.8, 4) is 11.1 Å². The van der Waals surface area contributed by atoms with Crippen LogP contribution in [0.5, 0.6) is 0 Å². The summed E-state index contributed by atoms with van der Waals surface area (Å²) in [6, 6.07) is 14.4. The summed E-state index contributed by atoms with van der Waals surface area (Å²) in [4.78, 5) is 1.89. The van der Waals surface area contributed by atoms with Gasteiger partial charge in [0.1, 0.15) is 11.6 Å². The third-order valence-corrected chi connectivity index (χ3v) is 4.32. The zero-order chi connectivity index (χ0) is 16.7. The summed E-state index contributed by atoms with van der Waals surface area (Å²) in [6.45, 7) is 0.382. The van der Waals surface area contributed by atoms with Crippen LogP contribution in [0, 0.1) is 0 Å². The van der Waals surface area contributed by atoms with Crippen LogP contribution >= 0.6 is 0 Å². The van der Waals surface area contributed by atoms with Crippen molar-refractivity contribution in [2.24, 2.45) is 12.8 Å². The van der Waals surface area contributed by atoms with Crippen LogP contribution in [0.2, 0.25) is 0 Å². The topological polar surface area (TPSA) is 67.3 Å². The number of aliphatic hydroxyl groups is 1. The summed E-state index contributed by atoms with van der Waals surface area (Å²) >= 11 is 0.